The van der Waals surface area contributed by atoms with Crippen molar-refractivity contribution in [2.45, 2.75) is 58.0 Å². The normalized spacial score (nSPS) is 15.4. The number of benzene rings is 1. The Balaban J connectivity index is 1.73. The number of fused-ring (bicyclic) bond motifs is 1. The Kier molecular flexibility index (Phi) is 5.16. The van der Waals surface area contributed by atoms with Gasteiger partial charge in [0.2, 0.25) is 5.95 Å². The summed E-state index contributed by atoms with van der Waals surface area (Å²) in [6.07, 6.45) is 8.01. The zero-order chi connectivity index (χ0) is 18.8. The van der Waals surface area contributed by atoms with Crippen LogP contribution in [0.15, 0.2) is 30.6 Å². The minimum atomic E-state index is 0.270. The van der Waals surface area contributed by atoms with Crippen LogP contribution in [-0.2, 0) is 0 Å². The van der Waals surface area contributed by atoms with Crippen molar-refractivity contribution in [3.8, 4) is 0 Å². The lowest BCUT2D eigenvalue weighted by Crippen LogP contribution is -2.23. The van der Waals surface area contributed by atoms with Gasteiger partial charge in [-0.05, 0) is 44.9 Å². The first kappa shape index (κ1) is 18.0. The van der Waals surface area contributed by atoms with Crippen LogP contribution >= 0.6 is 11.6 Å². The van der Waals surface area contributed by atoms with Gasteiger partial charge in [0.05, 0.1) is 6.33 Å². The fourth-order valence-corrected chi connectivity index (χ4v) is 3.77. The molecule has 4 rings (SSSR count). The van der Waals surface area contributed by atoms with Gasteiger partial charge in [-0.25, -0.2) is 4.98 Å². The van der Waals surface area contributed by atoms with E-state index >= 15 is 0 Å². The first-order valence-electron chi connectivity index (χ1n) is 9.64. The molecular weight excluding hydrogens is 360 g/mol. The molecule has 7 heteroatoms. The summed E-state index contributed by atoms with van der Waals surface area (Å²) in [5.41, 5.74) is 2.48. The summed E-state index contributed by atoms with van der Waals surface area (Å²) in [4.78, 5) is 14.1. The highest BCUT2D eigenvalue weighted by Gasteiger charge is 2.18. The summed E-state index contributed by atoms with van der Waals surface area (Å²) in [7, 11) is 0. The average molecular weight is 385 g/mol. The zero-order valence-corrected chi connectivity index (χ0v) is 16.5. The van der Waals surface area contributed by atoms with Crippen LogP contribution < -0.4 is 10.6 Å². The number of halogens is 1. The molecular formula is C20H25ClN6. The van der Waals surface area contributed by atoms with Gasteiger partial charge in [0.25, 0.3) is 0 Å². The lowest BCUT2D eigenvalue weighted by molar-refractivity contribution is 0.461. The smallest absolute Gasteiger partial charge is 0.227 e. The van der Waals surface area contributed by atoms with E-state index in [1.807, 2.05) is 30.6 Å². The topological polar surface area (TPSA) is 67.7 Å². The molecule has 27 heavy (non-hydrogen) atoms. The maximum Gasteiger partial charge on any atom is 0.227 e. The molecule has 2 heterocycles. The van der Waals surface area contributed by atoms with Crippen molar-refractivity contribution in [1.82, 2.24) is 19.5 Å². The van der Waals surface area contributed by atoms with Gasteiger partial charge in [-0.15, -0.1) is 0 Å². The fourth-order valence-electron chi connectivity index (χ4n) is 3.58. The molecule has 142 valence electrons. The predicted octanol–water partition coefficient (Wildman–Crippen LogP) is 5.55. The van der Waals surface area contributed by atoms with Gasteiger partial charge in [0.1, 0.15) is 0 Å². The van der Waals surface area contributed by atoms with E-state index in [1.165, 1.54) is 32.1 Å². The summed E-state index contributed by atoms with van der Waals surface area (Å²) in [6, 6.07) is 8.32. The number of aromatic nitrogens is 4. The van der Waals surface area contributed by atoms with Gasteiger partial charge in [-0.2, -0.15) is 9.97 Å². The van der Waals surface area contributed by atoms with E-state index < -0.39 is 0 Å². The Labute approximate surface area is 164 Å². The van der Waals surface area contributed by atoms with Crippen LogP contribution in [0, 0.1) is 0 Å². The third-order valence-electron chi connectivity index (χ3n) is 5.00. The van der Waals surface area contributed by atoms with Crippen molar-refractivity contribution < 1.29 is 0 Å². The highest BCUT2D eigenvalue weighted by Crippen LogP contribution is 2.28. The molecule has 0 unspecified atom stereocenters. The molecule has 1 aliphatic rings. The van der Waals surface area contributed by atoms with Crippen LogP contribution in [0.1, 0.15) is 52.0 Å². The summed E-state index contributed by atoms with van der Waals surface area (Å²) >= 11 is 6.13. The number of nitrogens with zero attached hydrogens (tertiary/aromatic N) is 4. The van der Waals surface area contributed by atoms with E-state index in [9.17, 15) is 0 Å². The number of anilines is 3. The van der Waals surface area contributed by atoms with Crippen molar-refractivity contribution >= 4 is 40.2 Å². The molecule has 0 atom stereocenters. The van der Waals surface area contributed by atoms with Gasteiger partial charge in [0, 0.05) is 22.8 Å². The van der Waals surface area contributed by atoms with E-state index in [-0.39, 0.29) is 6.04 Å². The molecule has 2 N–H and O–H groups in total. The number of imidazole rings is 1. The molecule has 0 aliphatic heterocycles. The van der Waals surface area contributed by atoms with E-state index in [4.69, 9.17) is 21.6 Å². The molecule has 1 fully saturated rings. The number of hydrogen-bond acceptors (Lipinski definition) is 5. The first-order chi connectivity index (χ1) is 13.1. The Morgan fingerprint density at radius 1 is 1.15 bits per heavy atom. The van der Waals surface area contributed by atoms with E-state index in [2.05, 4.69) is 34.0 Å². The summed E-state index contributed by atoms with van der Waals surface area (Å²) in [6.45, 7) is 4.25. The zero-order valence-electron chi connectivity index (χ0n) is 15.7. The monoisotopic (exact) mass is 384 g/mol. The molecule has 0 spiro atoms. The molecule has 0 amide bonds. The van der Waals surface area contributed by atoms with Crippen LogP contribution in [-0.4, -0.2) is 25.6 Å². The van der Waals surface area contributed by atoms with Gasteiger partial charge >= 0.3 is 0 Å². The Morgan fingerprint density at radius 2 is 1.96 bits per heavy atom. The Bertz CT molecular complexity index is 929. The van der Waals surface area contributed by atoms with Crippen LogP contribution in [0.3, 0.4) is 0 Å². The second-order valence-corrected chi connectivity index (χ2v) is 7.86. The van der Waals surface area contributed by atoms with Gasteiger partial charge in [0.15, 0.2) is 17.0 Å². The maximum atomic E-state index is 6.13. The fraction of sp³-hybridized carbons (Fsp3) is 0.450. The van der Waals surface area contributed by atoms with Crippen LogP contribution in [0.4, 0.5) is 17.5 Å². The SMILES string of the molecule is CC(C)n1cnc2c(Nc3cccc(Cl)c3)nc(NC3CCCCC3)nc21. The van der Waals surface area contributed by atoms with Gasteiger partial charge in [-0.1, -0.05) is 36.9 Å². The van der Waals surface area contributed by atoms with E-state index in [0.29, 0.717) is 22.8 Å². The molecule has 1 saturated carbocycles. The summed E-state index contributed by atoms with van der Waals surface area (Å²) in [5, 5.41) is 7.58. The number of rotatable bonds is 5. The van der Waals surface area contributed by atoms with Crippen molar-refractivity contribution in [3.05, 3.63) is 35.6 Å². The molecule has 3 aromatic rings. The molecule has 2 aromatic heterocycles. The third kappa shape index (κ3) is 4.00. The molecule has 0 bridgehead atoms. The van der Waals surface area contributed by atoms with Gasteiger partial charge in [-0.3, -0.25) is 0 Å². The highest BCUT2D eigenvalue weighted by molar-refractivity contribution is 6.30. The summed E-state index contributed by atoms with van der Waals surface area (Å²) < 4.78 is 2.08. The largest absolute Gasteiger partial charge is 0.351 e. The van der Waals surface area contributed by atoms with Crippen molar-refractivity contribution in [1.29, 1.82) is 0 Å². The van der Waals surface area contributed by atoms with Crippen molar-refractivity contribution in [3.63, 3.8) is 0 Å². The van der Waals surface area contributed by atoms with Crippen molar-refractivity contribution in [2.75, 3.05) is 10.6 Å². The van der Waals surface area contributed by atoms with Crippen molar-refractivity contribution in [2.24, 2.45) is 0 Å². The minimum absolute atomic E-state index is 0.270. The van der Waals surface area contributed by atoms with E-state index in [0.717, 1.165) is 16.9 Å². The van der Waals surface area contributed by atoms with Gasteiger partial charge < -0.3 is 15.2 Å². The minimum Gasteiger partial charge on any atom is -0.351 e. The lowest BCUT2D eigenvalue weighted by Gasteiger charge is -2.23. The Hall–Kier alpha value is -2.34. The first-order valence-corrected chi connectivity index (χ1v) is 10.0. The lowest BCUT2D eigenvalue weighted by atomic mass is 9.96. The molecule has 1 aliphatic carbocycles. The van der Waals surface area contributed by atoms with Crippen LogP contribution in [0.5, 0.6) is 0 Å². The average Bonchev–Trinajstić information content (AvgIpc) is 3.07. The van der Waals surface area contributed by atoms with Crippen LogP contribution in [0.2, 0.25) is 5.02 Å². The maximum absolute atomic E-state index is 6.13. The number of hydrogen-bond donors (Lipinski definition) is 2. The molecule has 1 aromatic carbocycles. The Morgan fingerprint density at radius 3 is 2.70 bits per heavy atom. The quantitative estimate of drug-likeness (QED) is 0.603. The molecule has 0 saturated heterocycles. The highest BCUT2D eigenvalue weighted by atomic mass is 35.5. The molecule has 0 radical (unpaired) electrons. The standard InChI is InChI=1S/C20H25ClN6/c1-13(2)27-12-22-17-18(23-16-10-6-7-14(21)11-16)25-20(26-19(17)27)24-15-8-4-3-5-9-15/h6-7,10-13,15H,3-5,8-9H2,1-2H3,(H2,23,24,25,26). The second kappa shape index (κ2) is 7.72. The van der Waals surface area contributed by atoms with E-state index in [1.54, 1.807) is 0 Å². The van der Waals surface area contributed by atoms with Crippen LogP contribution in [0.25, 0.3) is 11.2 Å². The third-order valence-corrected chi connectivity index (χ3v) is 5.24. The molecule has 6 nitrogen and oxygen atoms in total. The second-order valence-electron chi connectivity index (χ2n) is 7.43. The number of nitrogens with one attached hydrogen (secondary N) is 2. The summed E-state index contributed by atoms with van der Waals surface area (Å²) in [5.74, 6) is 1.35. The predicted molar refractivity (Wildman–Crippen MR) is 111 cm³/mol.